The first-order valence-electron chi connectivity index (χ1n) is 5.03. The first-order valence-corrected chi connectivity index (χ1v) is 5.03. The highest BCUT2D eigenvalue weighted by molar-refractivity contribution is 5.94. The van der Waals surface area contributed by atoms with Gasteiger partial charge >= 0.3 is 0 Å². The Kier molecular flexibility index (Phi) is 3.52. The molecule has 74 valence electrons. The van der Waals surface area contributed by atoms with Gasteiger partial charge in [0.2, 0.25) is 0 Å². The van der Waals surface area contributed by atoms with E-state index in [-0.39, 0.29) is 0 Å². The smallest absolute Gasteiger partial charge is 0.0393 e. The summed E-state index contributed by atoms with van der Waals surface area (Å²) in [5, 5.41) is 2.40. The number of hydrogen-bond donors (Lipinski definition) is 1. The van der Waals surface area contributed by atoms with Crippen molar-refractivity contribution >= 4 is 16.5 Å². The SMILES string of the molecule is CC.Cc1cccc2c(N)cccc12. The summed E-state index contributed by atoms with van der Waals surface area (Å²) in [6.07, 6.45) is 0. The zero-order chi connectivity index (χ0) is 10.6. The van der Waals surface area contributed by atoms with Gasteiger partial charge < -0.3 is 5.73 Å². The molecule has 0 spiro atoms. The molecule has 2 aromatic rings. The first kappa shape index (κ1) is 10.6. The normalized spacial score (nSPS) is 9.36. The molecule has 0 aliphatic rings. The van der Waals surface area contributed by atoms with Crippen LogP contribution in [0.1, 0.15) is 19.4 Å². The van der Waals surface area contributed by atoms with Crippen LogP contribution in [-0.4, -0.2) is 0 Å². The van der Waals surface area contributed by atoms with Crippen LogP contribution in [0.3, 0.4) is 0 Å². The van der Waals surface area contributed by atoms with Gasteiger partial charge in [-0.15, -0.1) is 0 Å². The van der Waals surface area contributed by atoms with Crippen molar-refractivity contribution in [1.29, 1.82) is 0 Å². The Morgan fingerprint density at radius 1 is 0.857 bits per heavy atom. The van der Waals surface area contributed by atoms with Crippen LogP contribution in [-0.2, 0) is 0 Å². The molecule has 0 bridgehead atoms. The summed E-state index contributed by atoms with van der Waals surface area (Å²) in [6.45, 7) is 6.10. The summed E-state index contributed by atoms with van der Waals surface area (Å²) in [5.41, 5.74) is 7.96. The second kappa shape index (κ2) is 4.66. The highest BCUT2D eigenvalue weighted by Crippen LogP contribution is 2.22. The zero-order valence-electron chi connectivity index (χ0n) is 9.04. The lowest BCUT2D eigenvalue weighted by atomic mass is 10.0. The van der Waals surface area contributed by atoms with E-state index in [0.29, 0.717) is 0 Å². The van der Waals surface area contributed by atoms with Gasteiger partial charge in [0.15, 0.2) is 0 Å². The molecule has 0 aliphatic heterocycles. The van der Waals surface area contributed by atoms with Gasteiger partial charge in [-0.05, 0) is 23.9 Å². The third-order valence-electron chi connectivity index (χ3n) is 2.17. The maximum absolute atomic E-state index is 5.83. The van der Waals surface area contributed by atoms with Crippen LogP contribution in [0, 0.1) is 6.92 Å². The van der Waals surface area contributed by atoms with Crippen molar-refractivity contribution in [2.24, 2.45) is 0 Å². The Labute approximate surface area is 85.6 Å². The molecule has 1 heteroatoms. The molecule has 0 atom stereocenters. The molecular weight excluding hydrogens is 170 g/mol. The van der Waals surface area contributed by atoms with E-state index < -0.39 is 0 Å². The van der Waals surface area contributed by atoms with Gasteiger partial charge in [-0.1, -0.05) is 44.2 Å². The number of benzene rings is 2. The predicted octanol–water partition coefficient (Wildman–Crippen LogP) is 3.76. The highest BCUT2D eigenvalue weighted by Gasteiger charge is 1.97. The van der Waals surface area contributed by atoms with Gasteiger partial charge in [-0.2, -0.15) is 0 Å². The van der Waals surface area contributed by atoms with Gasteiger partial charge in [0.05, 0.1) is 0 Å². The van der Waals surface area contributed by atoms with Crippen LogP contribution in [0.15, 0.2) is 36.4 Å². The topological polar surface area (TPSA) is 26.0 Å². The van der Waals surface area contributed by atoms with Crippen LogP contribution in [0.4, 0.5) is 5.69 Å². The van der Waals surface area contributed by atoms with E-state index in [1.807, 2.05) is 32.0 Å². The van der Waals surface area contributed by atoms with Crippen LogP contribution in [0.2, 0.25) is 0 Å². The number of nitrogens with two attached hydrogens (primary N) is 1. The van der Waals surface area contributed by atoms with E-state index >= 15 is 0 Å². The summed E-state index contributed by atoms with van der Waals surface area (Å²) < 4.78 is 0. The number of fused-ring (bicyclic) bond motifs is 1. The molecular formula is C13H17N. The number of hydrogen-bond acceptors (Lipinski definition) is 1. The quantitative estimate of drug-likeness (QED) is 0.624. The van der Waals surface area contributed by atoms with Crippen LogP contribution in [0.5, 0.6) is 0 Å². The fourth-order valence-corrected chi connectivity index (χ4v) is 1.49. The van der Waals surface area contributed by atoms with Crippen molar-refractivity contribution in [3.8, 4) is 0 Å². The number of rotatable bonds is 0. The average Bonchev–Trinajstić information content (AvgIpc) is 2.23. The van der Waals surface area contributed by atoms with Gasteiger partial charge in [0.1, 0.15) is 0 Å². The molecule has 0 unspecified atom stereocenters. The van der Waals surface area contributed by atoms with Crippen molar-refractivity contribution in [2.75, 3.05) is 5.73 Å². The summed E-state index contributed by atoms with van der Waals surface area (Å²) in [4.78, 5) is 0. The van der Waals surface area contributed by atoms with Crippen LogP contribution in [0.25, 0.3) is 10.8 Å². The lowest BCUT2D eigenvalue weighted by Gasteiger charge is -2.03. The van der Waals surface area contributed by atoms with Crippen LogP contribution >= 0.6 is 0 Å². The van der Waals surface area contributed by atoms with E-state index in [0.717, 1.165) is 11.1 Å². The Morgan fingerprint density at radius 2 is 1.43 bits per heavy atom. The third kappa shape index (κ3) is 1.87. The average molecular weight is 187 g/mol. The molecule has 0 aliphatic carbocycles. The molecule has 0 fully saturated rings. The maximum Gasteiger partial charge on any atom is 0.0393 e. The van der Waals surface area contributed by atoms with Gasteiger partial charge in [0, 0.05) is 11.1 Å². The molecule has 0 saturated heterocycles. The standard InChI is InChI=1S/C11H11N.C2H6/c1-8-4-2-6-10-9(8)5-3-7-11(10)12;1-2/h2-7H,12H2,1H3;1-2H3. The lowest BCUT2D eigenvalue weighted by Crippen LogP contribution is -1.86. The Bertz CT molecular complexity index is 377. The molecule has 1 nitrogen and oxygen atoms in total. The predicted molar refractivity (Wildman–Crippen MR) is 64.4 cm³/mol. The molecule has 2 aromatic carbocycles. The van der Waals surface area contributed by atoms with Crippen molar-refractivity contribution in [3.63, 3.8) is 0 Å². The van der Waals surface area contributed by atoms with E-state index in [4.69, 9.17) is 5.73 Å². The van der Waals surface area contributed by atoms with Gasteiger partial charge in [-0.25, -0.2) is 0 Å². The van der Waals surface area contributed by atoms with Crippen molar-refractivity contribution in [1.82, 2.24) is 0 Å². The monoisotopic (exact) mass is 187 g/mol. The minimum atomic E-state index is 0.858. The molecule has 2 rings (SSSR count). The van der Waals surface area contributed by atoms with E-state index in [1.54, 1.807) is 0 Å². The molecule has 0 saturated carbocycles. The van der Waals surface area contributed by atoms with Crippen molar-refractivity contribution < 1.29 is 0 Å². The van der Waals surface area contributed by atoms with Gasteiger partial charge in [-0.3, -0.25) is 0 Å². The first-order chi connectivity index (χ1) is 6.79. The van der Waals surface area contributed by atoms with E-state index in [2.05, 4.69) is 25.1 Å². The number of aryl methyl sites for hydroxylation is 1. The Balaban J connectivity index is 0.000000461. The third-order valence-corrected chi connectivity index (χ3v) is 2.17. The Morgan fingerprint density at radius 3 is 2.07 bits per heavy atom. The molecule has 0 amide bonds. The van der Waals surface area contributed by atoms with Gasteiger partial charge in [0.25, 0.3) is 0 Å². The second-order valence-corrected chi connectivity index (χ2v) is 3.02. The molecule has 2 N–H and O–H groups in total. The summed E-state index contributed by atoms with van der Waals surface area (Å²) in [5.74, 6) is 0. The minimum Gasteiger partial charge on any atom is -0.398 e. The summed E-state index contributed by atoms with van der Waals surface area (Å²) >= 11 is 0. The highest BCUT2D eigenvalue weighted by atomic mass is 14.5. The van der Waals surface area contributed by atoms with Crippen molar-refractivity contribution in [3.05, 3.63) is 42.0 Å². The summed E-state index contributed by atoms with van der Waals surface area (Å²) in [7, 11) is 0. The Hall–Kier alpha value is -1.50. The van der Waals surface area contributed by atoms with Crippen LogP contribution < -0.4 is 5.73 Å². The van der Waals surface area contributed by atoms with E-state index in [9.17, 15) is 0 Å². The molecule has 0 aromatic heterocycles. The number of nitrogen functional groups attached to an aromatic ring is 1. The summed E-state index contributed by atoms with van der Waals surface area (Å²) in [6, 6.07) is 12.2. The van der Waals surface area contributed by atoms with Crippen molar-refractivity contribution in [2.45, 2.75) is 20.8 Å². The lowest BCUT2D eigenvalue weighted by molar-refractivity contribution is 1.50. The molecule has 0 radical (unpaired) electrons. The largest absolute Gasteiger partial charge is 0.398 e. The fourth-order valence-electron chi connectivity index (χ4n) is 1.49. The molecule has 0 heterocycles. The molecule has 14 heavy (non-hydrogen) atoms. The van der Waals surface area contributed by atoms with E-state index in [1.165, 1.54) is 10.9 Å². The minimum absolute atomic E-state index is 0.858. The fraction of sp³-hybridized carbons (Fsp3) is 0.231. The maximum atomic E-state index is 5.83. The zero-order valence-corrected chi connectivity index (χ0v) is 9.04. The number of anilines is 1. The second-order valence-electron chi connectivity index (χ2n) is 3.02.